The molecule has 23 heavy (non-hydrogen) atoms. The number of unbranched alkanes of at least 4 members (excludes halogenated alkanes) is 2. The van der Waals surface area contributed by atoms with E-state index in [9.17, 15) is 8.42 Å². The molecular formula is C18H32N2O2S. The average molecular weight is 341 g/mol. The summed E-state index contributed by atoms with van der Waals surface area (Å²) in [6.07, 6.45) is 5.36. The van der Waals surface area contributed by atoms with Crippen molar-refractivity contribution in [1.29, 1.82) is 0 Å². The summed E-state index contributed by atoms with van der Waals surface area (Å²) in [6.45, 7) is 8.68. The Hall–Kier alpha value is -1.07. The Bertz CT molecular complexity index is 545. The summed E-state index contributed by atoms with van der Waals surface area (Å²) >= 11 is 0. The first-order valence-electron chi connectivity index (χ1n) is 8.58. The largest absolute Gasteiger partial charge is 0.385 e. The summed E-state index contributed by atoms with van der Waals surface area (Å²) in [5, 5.41) is 3.38. The zero-order chi connectivity index (χ0) is 17.3. The van der Waals surface area contributed by atoms with Crippen molar-refractivity contribution in [3.05, 3.63) is 29.8 Å². The minimum absolute atomic E-state index is 0.497. The maximum atomic E-state index is 11.9. The molecule has 1 rings (SSSR count). The first kappa shape index (κ1) is 20.0. The van der Waals surface area contributed by atoms with Crippen molar-refractivity contribution in [2.24, 2.45) is 0 Å². The van der Waals surface area contributed by atoms with Crippen LogP contribution in [0.25, 0.3) is 0 Å². The molecular weight excluding hydrogens is 308 g/mol. The van der Waals surface area contributed by atoms with Crippen molar-refractivity contribution in [3.63, 3.8) is 0 Å². The number of sulfonamides is 1. The highest BCUT2D eigenvalue weighted by Crippen LogP contribution is 2.13. The molecule has 0 saturated heterocycles. The van der Waals surface area contributed by atoms with Crippen molar-refractivity contribution < 1.29 is 8.42 Å². The van der Waals surface area contributed by atoms with Crippen LogP contribution in [0, 0.1) is 0 Å². The fraction of sp³-hybridized carbons (Fsp3) is 0.667. The van der Waals surface area contributed by atoms with Gasteiger partial charge in [-0.1, -0.05) is 25.5 Å². The molecule has 0 saturated carbocycles. The van der Waals surface area contributed by atoms with E-state index >= 15 is 0 Å². The Morgan fingerprint density at radius 3 is 2.13 bits per heavy atom. The van der Waals surface area contributed by atoms with E-state index in [1.165, 1.54) is 18.4 Å². The van der Waals surface area contributed by atoms with Crippen molar-refractivity contribution in [1.82, 2.24) is 4.72 Å². The summed E-state index contributed by atoms with van der Waals surface area (Å²) in [6, 6.07) is 8.59. The highest BCUT2D eigenvalue weighted by atomic mass is 32.2. The Morgan fingerprint density at radius 2 is 1.57 bits per heavy atom. The van der Waals surface area contributed by atoms with Crippen molar-refractivity contribution in [3.8, 4) is 0 Å². The summed E-state index contributed by atoms with van der Waals surface area (Å²) in [5.74, 6) is 0. The smallest absolute Gasteiger partial charge is 0.216 e. The molecule has 0 radical (unpaired) electrons. The number of hydrogen-bond acceptors (Lipinski definition) is 3. The third kappa shape index (κ3) is 7.36. The van der Waals surface area contributed by atoms with Gasteiger partial charge >= 0.3 is 0 Å². The topological polar surface area (TPSA) is 58.2 Å². The molecule has 0 fully saturated rings. The molecule has 0 unspecified atom stereocenters. The molecule has 0 aliphatic rings. The predicted molar refractivity (Wildman–Crippen MR) is 99.5 cm³/mol. The van der Waals surface area contributed by atoms with Gasteiger partial charge in [-0.2, -0.15) is 0 Å². The van der Waals surface area contributed by atoms with Gasteiger partial charge in [0.15, 0.2) is 0 Å². The Balaban J connectivity index is 2.20. The van der Waals surface area contributed by atoms with Gasteiger partial charge in [-0.3, -0.25) is 0 Å². The molecule has 0 aromatic heterocycles. The fourth-order valence-corrected chi connectivity index (χ4v) is 2.92. The zero-order valence-electron chi connectivity index (χ0n) is 15.0. The van der Waals surface area contributed by atoms with E-state index in [4.69, 9.17) is 0 Å². The molecule has 0 aliphatic heterocycles. The van der Waals surface area contributed by atoms with Gasteiger partial charge in [-0.05, 0) is 64.2 Å². The summed E-state index contributed by atoms with van der Waals surface area (Å²) in [7, 11) is -3.22. The zero-order valence-corrected chi connectivity index (χ0v) is 15.8. The number of rotatable bonds is 10. The lowest BCUT2D eigenvalue weighted by Crippen LogP contribution is -2.39. The van der Waals surface area contributed by atoms with E-state index in [0.29, 0.717) is 6.54 Å². The van der Waals surface area contributed by atoms with Crippen LogP contribution in [0.3, 0.4) is 0 Å². The van der Waals surface area contributed by atoms with Gasteiger partial charge in [-0.25, -0.2) is 13.1 Å². The third-order valence-electron chi connectivity index (χ3n) is 3.80. The van der Waals surface area contributed by atoms with Crippen LogP contribution in [0.15, 0.2) is 24.3 Å². The highest BCUT2D eigenvalue weighted by molar-refractivity contribution is 7.90. The second kappa shape index (κ2) is 9.28. The summed E-state index contributed by atoms with van der Waals surface area (Å²) in [4.78, 5) is 0. The van der Waals surface area contributed by atoms with Gasteiger partial charge in [0.1, 0.15) is 0 Å². The monoisotopic (exact) mass is 340 g/mol. The normalized spacial score (nSPS) is 12.3. The second-order valence-electron chi connectivity index (χ2n) is 6.94. The fourth-order valence-electron chi connectivity index (χ4n) is 2.08. The van der Waals surface area contributed by atoms with Crippen molar-refractivity contribution in [2.75, 3.05) is 18.4 Å². The number of nitrogens with one attached hydrogen (secondary N) is 2. The number of benzene rings is 1. The van der Waals surface area contributed by atoms with E-state index in [-0.39, 0.29) is 0 Å². The van der Waals surface area contributed by atoms with Gasteiger partial charge in [0.2, 0.25) is 10.0 Å². The minimum Gasteiger partial charge on any atom is -0.385 e. The molecule has 0 atom stereocenters. The second-order valence-corrected chi connectivity index (χ2v) is 9.46. The molecule has 1 aromatic rings. The van der Waals surface area contributed by atoms with Gasteiger partial charge in [0.25, 0.3) is 0 Å². The van der Waals surface area contributed by atoms with Crippen LogP contribution >= 0.6 is 0 Å². The molecule has 0 heterocycles. The maximum absolute atomic E-state index is 11.9. The lowest BCUT2D eigenvalue weighted by molar-refractivity contribution is 0.542. The van der Waals surface area contributed by atoms with Crippen LogP contribution in [0.4, 0.5) is 5.69 Å². The van der Waals surface area contributed by atoms with E-state index < -0.39 is 14.8 Å². The molecule has 0 spiro atoms. The molecule has 4 nitrogen and oxygen atoms in total. The Kier molecular flexibility index (Phi) is 8.06. The van der Waals surface area contributed by atoms with E-state index in [0.717, 1.165) is 31.5 Å². The third-order valence-corrected chi connectivity index (χ3v) is 6.00. The summed E-state index contributed by atoms with van der Waals surface area (Å²) < 4.78 is 25.7. The van der Waals surface area contributed by atoms with Crippen LogP contribution in [0.1, 0.15) is 58.9 Å². The lowest BCUT2D eigenvalue weighted by atomic mass is 10.1. The Labute approximate surface area is 142 Å². The van der Waals surface area contributed by atoms with Crippen LogP contribution in [-0.2, 0) is 16.4 Å². The number of anilines is 1. The molecule has 0 aliphatic carbocycles. The van der Waals surface area contributed by atoms with E-state index in [1.54, 1.807) is 20.8 Å². The molecule has 2 N–H and O–H groups in total. The SMILES string of the molecule is CCCCc1ccc(NCCCCNS(=O)(=O)C(C)(C)C)cc1. The standard InChI is InChI=1S/C18H32N2O2S/c1-5-6-9-16-10-12-17(13-11-16)19-14-7-8-15-20-23(21,22)18(2,3)4/h10-13,19-20H,5-9,14-15H2,1-4H3. The van der Waals surface area contributed by atoms with Gasteiger partial charge in [-0.15, -0.1) is 0 Å². The van der Waals surface area contributed by atoms with E-state index in [2.05, 4.69) is 41.2 Å². The molecule has 1 aromatic carbocycles. The highest BCUT2D eigenvalue weighted by Gasteiger charge is 2.27. The van der Waals surface area contributed by atoms with E-state index in [1.807, 2.05) is 0 Å². The van der Waals surface area contributed by atoms with Gasteiger partial charge in [0, 0.05) is 18.8 Å². The van der Waals surface area contributed by atoms with Crippen LogP contribution in [0.5, 0.6) is 0 Å². The first-order chi connectivity index (χ1) is 10.8. The maximum Gasteiger partial charge on any atom is 0.216 e. The van der Waals surface area contributed by atoms with Crippen molar-refractivity contribution in [2.45, 2.75) is 64.5 Å². The van der Waals surface area contributed by atoms with Crippen LogP contribution in [0.2, 0.25) is 0 Å². The van der Waals surface area contributed by atoms with Crippen molar-refractivity contribution >= 4 is 15.7 Å². The molecule has 5 heteroatoms. The number of hydrogen-bond donors (Lipinski definition) is 2. The quantitative estimate of drug-likeness (QED) is 0.634. The van der Waals surface area contributed by atoms with Crippen LogP contribution in [-0.4, -0.2) is 26.3 Å². The Morgan fingerprint density at radius 1 is 0.957 bits per heavy atom. The predicted octanol–water partition coefficient (Wildman–Crippen LogP) is 3.94. The number of aryl methyl sites for hydroxylation is 1. The molecule has 0 amide bonds. The summed E-state index contributed by atoms with van der Waals surface area (Å²) in [5.41, 5.74) is 2.51. The molecule has 0 bridgehead atoms. The van der Waals surface area contributed by atoms with Gasteiger partial charge in [0.05, 0.1) is 4.75 Å². The van der Waals surface area contributed by atoms with Crippen LogP contribution < -0.4 is 10.0 Å². The van der Waals surface area contributed by atoms with Gasteiger partial charge < -0.3 is 5.32 Å². The molecule has 132 valence electrons. The minimum atomic E-state index is -3.22. The lowest BCUT2D eigenvalue weighted by Gasteiger charge is -2.19. The average Bonchev–Trinajstić information content (AvgIpc) is 2.48. The first-order valence-corrected chi connectivity index (χ1v) is 10.1.